The molecule has 3 aromatic rings. The van der Waals surface area contributed by atoms with Crippen LogP contribution in [-0.4, -0.2) is 26.5 Å². The third-order valence-electron chi connectivity index (χ3n) is 4.26. The lowest BCUT2D eigenvalue weighted by atomic mass is 10.0. The van der Waals surface area contributed by atoms with Crippen LogP contribution < -0.4 is 10.3 Å². The number of aromatic hydroxyl groups is 1. The average molecular weight is 436 g/mol. The van der Waals surface area contributed by atoms with Gasteiger partial charge in [0.25, 0.3) is 5.56 Å². The van der Waals surface area contributed by atoms with Gasteiger partial charge in [-0.25, -0.2) is 0 Å². The zero-order valence-corrected chi connectivity index (χ0v) is 16.6. The first-order valence-electron chi connectivity index (χ1n) is 8.42. The number of ketones is 1. The van der Waals surface area contributed by atoms with E-state index in [2.05, 4.69) is 0 Å². The fraction of sp³-hybridized carbons (Fsp3) is 0.150. The van der Waals surface area contributed by atoms with E-state index in [4.69, 9.17) is 33.0 Å². The van der Waals surface area contributed by atoms with E-state index in [1.165, 1.54) is 23.7 Å². The van der Waals surface area contributed by atoms with E-state index in [0.29, 0.717) is 27.1 Å². The number of aryl methyl sites for hydroxylation is 1. The van der Waals surface area contributed by atoms with Gasteiger partial charge in [-0.15, -0.1) is 0 Å². The summed E-state index contributed by atoms with van der Waals surface area (Å²) in [5.41, 5.74) is -0.835. The second-order valence-electron chi connectivity index (χ2n) is 6.29. The lowest BCUT2D eigenvalue weighted by molar-refractivity contribution is -0.136. The zero-order chi connectivity index (χ0) is 21.3. The molecule has 0 saturated heterocycles. The first kappa shape index (κ1) is 20.7. The van der Waals surface area contributed by atoms with Gasteiger partial charge < -0.3 is 19.5 Å². The summed E-state index contributed by atoms with van der Waals surface area (Å²) in [5.74, 6) is -1.65. The number of carbonyl (C=O) groups excluding carboxylic acids is 1. The Morgan fingerprint density at radius 1 is 1.03 bits per heavy atom. The van der Waals surface area contributed by atoms with E-state index in [1.807, 2.05) is 0 Å². The number of Topliss-reactive ketones (excluding diaryl/α,β-unsaturated/α-hetero) is 1. The van der Waals surface area contributed by atoms with Crippen LogP contribution in [-0.2, 0) is 11.8 Å². The highest BCUT2D eigenvalue weighted by Gasteiger charge is 2.22. The van der Waals surface area contributed by atoms with Crippen molar-refractivity contribution in [2.75, 3.05) is 0 Å². The topological polar surface area (TPSA) is 106 Å². The smallest absolute Gasteiger partial charge is 0.303 e. The van der Waals surface area contributed by atoms with Gasteiger partial charge in [0.2, 0.25) is 0 Å². The van der Waals surface area contributed by atoms with Gasteiger partial charge in [0.05, 0.1) is 11.9 Å². The number of pyridine rings is 1. The van der Waals surface area contributed by atoms with E-state index in [1.54, 1.807) is 24.3 Å². The molecule has 0 atom stereocenters. The van der Waals surface area contributed by atoms with Crippen LogP contribution >= 0.6 is 23.2 Å². The number of rotatable bonds is 6. The fourth-order valence-electron chi connectivity index (χ4n) is 2.89. The van der Waals surface area contributed by atoms with Crippen LogP contribution in [0, 0.1) is 0 Å². The van der Waals surface area contributed by atoms with Gasteiger partial charge in [0.15, 0.2) is 5.78 Å². The summed E-state index contributed by atoms with van der Waals surface area (Å²) in [7, 11) is 1.44. The second kappa shape index (κ2) is 8.14. The van der Waals surface area contributed by atoms with Crippen LogP contribution in [0.4, 0.5) is 0 Å². The first-order valence-corrected chi connectivity index (χ1v) is 9.17. The number of aliphatic carboxylic acids is 1. The number of carboxylic acids is 1. The van der Waals surface area contributed by atoms with Crippen LogP contribution in [0.15, 0.2) is 41.2 Å². The molecule has 0 fully saturated rings. The van der Waals surface area contributed by atoms with Gasteiger partial charge in [-0.3, -0.25) is 14.4 Å². The molecule has 0 aliphatic heterocycles. The highest BCUT2D eigenvalue weighted by molar-refractivity contribution is 6.34. The van der Waals surface area contributed by atoms with E-state index in [0.717, 1.165) is 0 Å². The van der Waals surface area contributed by atoms with Gasteiger partial charge in [0.1, 0.15) is 22.8 Å². The minimum absolute atomic E-state index is 0.252. The first-order chi connectivity index (χ1) is 13.7. The fourth-order valence-corrected chi connectivity index (χ4v) is 3.39. The molecule has 9 heteroatoms. The number of carbonyl (C=O) groups is 2. The van der Waals surface area contributed by atoms with E-state index in [9.17, 15) is 19.5 Å². The number of halogens is 2. The van der Waals surface area contributed by atoms with Gasteiger partial charge >= 0.3 is 5.97 Å². The number of benzene rings is 2. The van der Waals surface area contributed by atoms with Crippen LogP contribution in [0.5, 0.6) is 17.2 Å². The summed E-state index contributed by atoms with van der Waals surface area (Å²) in [6.45, 7) is 0. The number of hydrogen-bond acceptors (Lipinski definition) is 5. The summed E-state index contributed by atoms with van der Waals surface area (Å²) >= 11 is 11.9. The highest BCUT2D eigenvalue weighted by atomic mass is 35.5. The third kappa shape index (κ3) is 4.36. The number of nitrogens with zero attached hydrogens (tertiary/aromatic N) is 1. The number of aromatic nitrogens is 1. The lowest BCUT2D eigenvalue weighted by Crippen LogP contribution is -2.25. The quantitative estimate of drug-likeness (QED) is 0.556. The van der Waals surface area contributed by atoms with Crippen molar-refractivity contribution in [2.24, 2.45) is 7.05 Å². The maximum atomic E-state index is 12.6. The van der Waals surface area contributed by atoms with Crippen molar-refractivity contribution in [1.29, 1.82) is 0 Å². The molecule has 1 heterocycles. The minimum Gasteiger partial charge on any atom is -0.506 e. The van der Waals surface area contributed by atoms with Crippen molar-refractivity contribution in [1.82, 2.24) is 4.57 Å². The lowest BCUT2D eigenvalue weighted by Gasteiger charge is -2.13. The molecule has 0 amide bonds. The molecule has 2 N–H and O–H groups in total. The molecular weight excluding hydrogens is 421 g/mol. The van der Waals surface area contributed by atoms with Crippen LogP contribution in [0.3, 0.4) is 0 Å². The summed E-state index contributed by atoms with van der Waals surface area (Å²) in [6, 6.07) is 9.26. The second-order valence-corrected chi connectivity index (χ2v) is 7.16. The molecule has 7 nitrogen and oxygen atoms in total. The van der Waals surface area contributed by atoms with Crippen molar-refractivity contribution < 1.29 is 24.5 Å². The number of carboxylic acid groups (broad SMARTS) is 1. The zero-order valence-electron chi connectivity index (χ0n) is 15.1. The molecule has 0 saturated carbocycles. The molecule has 29 heavy (non-hydrogen) atoms. The van der Waals surface area contributed by atoms with Crippen molar-refractivity contribution in [3.8, 4) is 17.2 Å². The Hall–Kier alpha value is -3.03. The molecule has 2 aromatic carbocycles. The standard InChI is InChI=1S/C20H15Cl2NO6/c1-23-15-9-12(29-13-7-10(21)6-11(22)8-13)2-3-14(15)19(27)18(20(23)28)16(24)4-5-17(25)26/h2-3,6-9,27H,4-5H2,1H3,(H,25,26). The molecule has 0 radical (unpaired) electrons. The van der Waals surface area contributed by atoms with Crippen molar-refractivity contribution in [3.63, 3.8) is 0 Å². The van der Waals surface area contributed by atoms with Gasteiger partial charge in [-0.1, -0.05) is 23.2 Å². The van der Waals surface area contributed by atoms with Crippen LogP contribution in [0.25, 0.3) is 10.9 Å². The minimum atomic E-state index is -1.17. The van der Waals surface area contributed by atoms with Gasteiger partial charge in [-0.2, -0.15) is 0 Å². The Kier molecular flexibility index (Phi) is 5.81. The van der Waals surface area contributed by atoms with Crippen molar-refractivity contribution in [2.45, 2.75) is 12.8 Å². The molecule has 0 aliphatic rings. The summed E-state index contributed by atoms with van der Waals surface area (Å²) in [5, 5.41) is 20.3. The molecule has 3 rings (SSSR count). The number of ether oxygens (including phenoxy) is 1. The Labute approximate surface area is 174 Å². The van der Waals surface area contributed by atoms with Crippen molar-refractivity contribution in [3.05, 3.63) is 62.4 Å². The SMILES string of the molecule is Cn1c(=O)c(C(=O)CCC(=O)O)c(O)c2ccc(Oc3cc(Cl)cc(Cl)c3)cc21. The Morgan fingerprint density at radius 3 is 2.31 bits per heavy atom. The van der Waals surface area contributed by atoms with Crippen LogP contribution in [0.1, 0.15) is 23.2 Å². The van der Waals surface area contributed by atoms with Crippen LogP contribution in [0.2, 0.25) is 10.0 Å². The molecule has 1 aromatic heterocycles. The average Bonchev–Trinajstić information content (AvgIpc) is 2.64. The normalized spacial score (nSPS) is 10.9. The molecule has 0 bridgehead atoms. The Balaban J connectivity index is 2.05. The summed E-state index contributed by atoms with van der Waals surface area (Å²) in [4.78, 5) is 35.6. The molecule has 150 valence electrons. The van der Waals surface area contributed by atoms with E-state index >= 15 is 0 Å². The maximum absolute atomic E-state index is 12.6. The monoisotopic (exact) mass is 435 g/mol. The Morgan fingerprint density at radius 2 is 1.69 bits per heavy atom. The predicted octanol–water partition coefficient (Wildman–Crippen LogP) is 4.39. The van der Waals surface area contributed by atoms with Gasteiger partial charge in [0, 0.05) is 35.0 Å². The highest BCUT2D eigenvalue weighted by Crippen LogP contribution is 2.33. The molecule has 0 unspecified atom stereocenters. The largest absolute Gasteiger partial charge is 0.506 e. The molecule has 0 aliphatic carbocycles. The number of fused-ring (bicyclic) bond motifs is 1. The maximum Gasteiger partial charge on any atom is 0.303 e. The molecule has 0 spiro atoms. The van der Waals surface area contributed by atoms with E-state index < -0.39 is 35.0 Å². The summed E-state index contributed by atoms with van der Waals surface area (Å²) < 4.78 is 6.92. The third-order valence-corrected chi connectivity index (χ3v) is 4.69. The predicted molar refractivity (Wildman–Crippen MR) is 109 cm³/mol. The van der Waals surface area contributed by atoms with Crippen molar-refractivity contribution >= 4 is 45.9 Å². The molecular formula is C20H15Cl2NO6. The summed E-state index contributed by atoms with van der Waals surface area (Å²) in [6.07, 6.45) is -0.825. The van der Waals surface area contributed by atoms with Gasteiger partial charge in [-0.05, 0) is 30.3 Å². The van der Waals surface area contributed by atoms with E-state index in [-0.39, 0.29) is 11.8 Å². The Bertz CT molecular complexity index is 1180. The number of hydrogen-bond donors (Lipinski definition) is 2.